The van der Waals surface area contributed by atoms with Crippen molar-refractivity contribution in [2.24, 2.45) is 0 Å². The summed E-state index contributed by atoms with van der Waals surface area (Å²) in [5.74, 6) is 0. The van der Waals surface area contributed by atoms with E-state index >= 15 is 0 Å². The van der Waals surface area contributed by atoms with Crippen molar-refractivity contribution in [2.45, 2.75) is 0 Å². The van der Waals surface area contributed by atoms with Crippen LogP contribution >= 0.6 is 11.9 Å². The summed E-state index contributed by atoms with van der Waals surface area (Å²) in [6.07, 6.45) is -1.98. The van der Waals surface area contributed by atoms with Gasteiger partial charge in [0, 0.05) is 0 Å². The first-order valence-corrected chi connectivity index (χ1v) is 1.06. The molecule has 0 saturated carbocycles. The molecule has 0 heterocycles. The molecule has 0 fully saturated rings. The van der Waals surface area contributed by atoms with Crippen molar-refractivity contribution in [3.63, 3.8) is 0 Å². The lowest BCUT2D eigenvalue weighted by molar-refractivity contribution is 0.180. The van der Waals surface area contributed by atoms with Gasteiger partial charge in [-0.15, -0.1) is 4.39 Å². The van der Waals surface area contributed by atoms with Gasteiger partial charge < -0.3 is 4.29 Å². The number of rotatable bonds is 0. The van der Waals surface area contributed by atoms with E-state index in [1.54, 1.807) is 0 Å². The summed E-state index contributed by atoms with van der Waals surface area (Å²) in [5.41, 5.74) is 0. The first-order chi connectivity index (χ1) is 2.27. The van der Waals surface area contributed by atoms with Gasteiger partial charge in [-0.3, -0.25) is 0 Å². The molecule has 0 N–H and O–H groups in total. The van der Waals surface area contributed by atoms with Crippen molar-refractivity contribution in [3.8, 4) is 0 Å². The van der Waals surface area contributed by atoms with Crippen molar-refractivity contribution in [2.75, 3.05) is 0 Å². The fourth-order valence-electron chi connectivity index (χ4n) is 0. The molecule has 0 unspecified atom stereocenters. The van der Waals surface area contributed by atoms with Crippen molar-refractivity contribution in [3.05, 3.63) is 0 Å². The quantitative estimate of drug-likeness (QED) is 0.426. The van der Waals surface area contributed by atoms with Crippen molar-refractivity contribution < 1.29 is 13.5 Å². The smallest absolute Gasteiger partial charge is 0.321 e. The van der Waals surface area contributed by atoms with Crippen LogP contribution in [0.4, 0.5) is 9.18 Å². The summed E-state index contributed by atoms with van der Waals surface area (Å²) in [4.78, 5) is 8.79. The molecule has 0 aliphatic heterocycles. The van der Waals surface area contributed by atoms with E-state index in [-0.39, 0.29) is 0 Å². The number of hydrogen-bond donors (Lipinski definition) is 0. The van der Waals surface area contributed by atoms with E-state index in [1.807, 2.05) is 0 Å². The molecule has 0 rings (SSSR count). The third-order valence-electron chi connectivity index (χ3n) is 0.0607. The molecule has 2 nitrogen and oxygen atoms in total. The van der Waals surface area contributed by atoms with Crippen LogP contribution in [0.3, 0.4) is 0 Å². The third kappa shape index (κ3) is 3.69. The average Bonchev–Trinajstić information content (AvgIpc) is 1.38. The van der Waals surface area contributed by atoms with E-state index in [0.29, 0.717) is 0 Å². The minimum absolute atomic E-state index is 1.98. The predicted octanol–water partition coefficient (Wildman–Crippen LogP) is 1.25. The highest BCUT2D eigenvalue weighted by Crippen LogP contribution is 1.82. The monoisotopic (exact) mass is 98.0 g/mol. The van der Waals surface area contributed by atoms with E-state index in [4.69, 9.17) is 4.79 Å². The second-order valence-corrected chi connectivity index (χ2v) is 0.469. The molecule has 0 aromatic rings. The number of halogens is 2. The number of hydrogen-bond acceptors (Lipinski definition) is 2. The van der Waals surface area contributed by atoms with Gasteiger partial charge in [-0.2, -0.15) is 0 Å². The van der Waals surface area contributed by atoms with Crippen LogP contribution in [0.25, 0.3) is 0 Å². The van der Waals surface area contributed by atoms with E-state index < -0.39 is 6.22 Å². The summed E-state index contributed by atoms with van der Waals surface area (Å²) in [6, 6.07) is 0. The van der Waals surface area contributed by atoms with Gasteiger partial charge in [0.05, 0.1) is 0 Å². The molecule has 0 aliphatic carbocycles. The van der Waals surface area contributed by atoms with Gasteiger partial charge in [-0.05, 0) is 0 Å². The van der Waals surface area contributed by atoms with Crippen LogP contribution in [-0.4, -0.2) is 6.22 Å². The van der Waals surface area contributed by atoms with E-state index in [9.17, 15) is 4.39 Å². The van der Waals surface area contributed by atoms with Crippen LogP contribution in [0.2, 0.25) is 0 Å². The summed E-state index contributed by atoms with van der Waals surface area (Å²) in [7, 11) is 0. The minimum atomic E-state index is -1.98. The van der Waals surface area contributed by atoms with Crippen molar-refractivity contribution in [1.82, 2.24) is 0 Å². The van der Waals surface area contributed by atoms with Gasteiger partial charge in [0.25, 0.3) is 0 Å². The van der Waals surface area contributed by atoms with Crippen LogP contribution in [0.5, 0.6) is 0 Å². The fourth-order valence-corrected chi connectivity index (χ4v) is 0. The fraction of sp³-hybridized carbons (Fsp3) is 0. The Morgan fingerprint density at radius 3 is 2.20 bits per heavy atom. The Kier molecular flexibility index (Phi) is 1.84. The Bertz CT molecular complexity index is 44.9. The van der Waals surface area contributed by atoms with Crippen molar-refractivity contribution in [1.29, 1.82) is 0 Å². The Morgan fingerprint density at radius 2 is 2.20 bits per heavy atom. The maximum absolute atomic E-state index is 10.4. The molecular weight excluding hydrogens is 98.5 g/mol. The van der Waals surface area contributed by atoms with Crippen LogP contribution in [0.15, 0.2) is 0 Å². The van der Waals surface area contributed by atoms with Gasteiger partial charge in [0.2, 0.25) is 0 Å². The second-order valence-electron chi connectivity index (χ2n) is 0.315. The summed E-state index contributed by atoms with van der Waals surface area (Å²) < 4.78 is 13.4. The van der Waals surface area contributed by atoms with Gasteiger partial charge >= 0.3 is 6.22 Å². The molecular formula is CClFO2. The molecule has 0 aromatic heterocycles. The molecule has 0 bridgehead atoms. The summed E-state index contributed by atoms with van der Waals surface area (Å²) >= 11 is 4.11. The molecule has 0 spiro atoms. The van der Waals surface area contributed by atoms with E-state index in [2.05, 4.69) is 16.2 Å². The Labute approximate surface area is 32.7 Å². The second kappa shape index (κ2) is 1.96. The lowest BCUT2D eigenvalue weighted by Crippen LogP contribution is -1.75. The standard InChI is InChI=1S/CClFO2/c2-5-1(3)4. The highest BCUT2D eigenvalue weighted by atomic mass is 35.5. The lowest BCUT2D eigenvalue weighted by Gasteiger charge is -1.69. The molecule has 5 heavy (non-hydrogen) atoms. The molecule has 0 amide bonds. The highest BCUT2D eigenvalue weighted by molar-refractivity contribution is 6.12. The SMILES string of the molecule is O=C(F)OCl. The van der Waals surface area contributed by atoms with Gasteiger partial charge in [-0.25, -0.2) is 4.79 Å². The summed E-state index contributed by atoms with van der Waals surface area (Å²) in [6.45, 7) is 0. The maximum atomic E-state index is 10.4. The van der Waals surface area contributed by atoms with Crippen LogP contribution in [-0.2, 0) is 4.29 Å². The zero-order chi connectivity index (χ0) is 4.28. The molecule has 0 atom stereocenters. The Balaban J connectivity index is 2.85. The number of carbonyl (C=O) groups excluding carboxylic acids is 1. The predicted molar refractivity (Wildman–Crippen MR) is 13.4 cm³/mol. The highest BCUT2D eigenvalue weighted by Gasteiger charge is 1.87. The van der Waals surface area contributed by atoms with Gasteiger partial charge in [0.15, 0.2) is 0 Å². The lowest BCUT2D eigenvalue weighted by atomic mass is 11.5. The molecule has 0 aromatic carbocycles. The zero-order valence-corrected chi connectivity index (χ0v) is 2.83. The molecule has 0 aliphatic rings. The van der Waals surface area contributed by atoms with Crippen LogP contribution in [0, 0.1) is 0 Å². The van der Waals surface area contributed by atoms with E-state index in [0.717, 1.165) is 0 Å². The van der Waals surface area contributed by atoms with E-state index in [1.165, 1.54) is 0 Å². The minimum Gasteiger partial charge on any atom is -0.321 e. The Morgan fingerprint density at radius 1 is 2.00 bits per heavy atom. The molecule has 30 valence electrons. The first-order valence-electron chi connectivity index (χ1n) is 0.752. The molecule has 0 saturated heterocycles. The topological polar surface area (TPSA) is 26.3 Å². The summed E-state index contributed by atoms with van der Waals surface area (Å²) in [5, 5.41) is 0. The van der Waals surface area contributed by atoms with Gasteiger partial charge in [-0.1, -0.05) is 0 Å². The van der Waals surface area contributed by atoms with Gasteiger partial charge in [0.1, 0.15) is 11.9 Å². The average molecular weight is 98.5 g/mol. The third-order valence-corrected chi connectivity index (χ3v) is 0.182. The van der Waals surface area contributed by atoms with Crippen LogP contribution in [0.1, 0.15) is 0 Å². The zero-order valence-electron chi connectivity index (χ0n) is 2.07. The van der Waals surface area contributed by atoms with Crippen LogP contribution < -0.4 is 0 Å². The Hall–Kier alpha value is -0.310. The maximum Gasteiger partial charge on any atom is 0.513 e. The normalized spacial score (nSPS) is 6.80. The largest absolute Gasteiger partial charge is 0.513 e. The molecule has 4 heteroatoms. The van der Waals surface area contributed by atoms with Crippen molar-refractivity contribution >= 4 is 18.1 Å². The first kappa shape index (κ1) is 4.69. The molecule has 0 radical (unpaired) electrons. The number of carbonyl (C=O) groups is 1.